The third kappa shape index (κ3) is 4.07. The van der Waals surface area contributed by atoms with Crippen LogP contribution < -0.4 is 15.6 Å². The number of nitrogens with zero attached hydrogens (tertiary/aromatic N) is 1. The lowest BCUT2D eigenvalue weighted by molar-refractivity contribution is -0.114. The van der Waals surface area contributed by atoms with Gasteiger partial charge in [-0.05, 0) is 53.3 Å². The SMILES string of the molecule is COc1c(C(C)=O)c2sccc2n(Cc2cccc(-c3cccc(NC(C)=O)c3)c2)c1=O. The van der Waals surface area contributed by atoms with E-state index in [-0.39, 0.29) is 23.0 Å². The molecule has 0 saturated heterocycles. The Hall–Kier alpha value is -3.71. The lowest BCUT2D eigenvalue weighted by Crippen LogP contribution is -2.24. The molecule has 0 unspecified atom stereocenters. The minimum atomic E-state index is -0.332. The Kier molecular flexibility index (Phi) is 5.92. The lowest BCUT2D eigenvalue weighted by atomic mass is 10.0. The van der Waals surface area contributed by atoms with Crippen LogP contribution in [-0.4, -0.2) is 23.4 Å². The van der Waals surface area contributed by atoms with Crippen LogP contribution in [0.2, 0.25) is 0 Å². The molecular weight excluding hydrogens is 424 g/mol. The monoisotopic (exact) mass is 446 g/mol. The Morgan fingerprint density at radius 1 is 1.03 bits per heavy atom. The van der Waals surface area contributed by atoms with Gasteiger partial charge in [0.1, 0.15) is 0 Å². The summed E-state index contributed by atoms with van der Waals surface area (Å²) in [5, 5.41) is 4.67. The van der Waals surface area contributed by atoms with Crippen LogP contribution in [0.3, 0.4) is 0 Å². The second-order valence-electron chi connectivity index (χ2n) is 7.45. The molecule has 7 heteroatoms. The number of fused-ring (bicyclic) bond motifs is 1. The minimum absolute atomic E-state index is 0.0756. The highest BCUT2D eigenvalue weighted by molar-refractivity contribution is 7.17. The molecule has 4 aromatic rings. The van der Waals surface area contributed by atoms with Gasteiger partial charge in [-0.25, -0.2) is 0 Å². The number of methoxy groups -OCH3 is 1. The molecule has 162 valence electrons. The number of ketones is 1. The number of ether oxygens (including phenoxy) is 1. The van der Waals surface area contributed by atoms with Gasteiger partial charge in [0.15, 0.2) is 11.5 Å². The van der Waals surface area contributed by atoms with E-state index in [0.717, 1.165) is 27.1 Å². The van der Waals surface area contributed by atoms with Crippen LogP contribution in [0.15, 0.2) is 64.8 Å². The average Bonchev–Trinajstić information content (AvgIpc) is 3.24. The largest absolute Gasteiger partial charge is 0.491 e. The number of nitrogens with one attached hydrogen (secondary N) is 1. The number of hydrogen-bond donors (Lipinski definition) is 1. The van der Waals surface area contributed by atoms with E-state index in [1.165, 1.54) is 32.3 Å². The van der Waals surface area contributed by atoms with E-state index in [1.54, 1.807) is 4.57 Å². The van der Waals surface area contributed by atoms with Crippen LogP contribution in [0.1, 0.15) is 29.8 Å². The number of carbonyl (C=O) groups excluding carboxylic acids is 2. The lowest BCUT2D eigenvalue weighted by Gasteiger charge is -2.14. The molecule has 0 radical (unpaired) electrons. The topological polar surface area (TPSA) is 77.4 Å². The molecule has 0 bridgehead atoms. The fourth-order valence-electron chi connectivity index (χ4n) is 3.82. The molecule has 2 heterocycles. The van der Waals surface area contributed by atoms with Gasteiger partial charge in [-0.1, -0.05) is 30.3 Å². The van der Waals surface area contributed by atoms with Crippen molar-refractivity contribution in [3.63, 3.8) is 0 Å². The van der Waals surface area contributed by atoms with Crippen LogP contribution in [0.5, 0.6) is 5.75 Å². The molecule has 0 fully saturated rings. The van der Waals surface area contributed by atoms with Crippen molar-refractivity contribution in [3.05, 3.63) is 81.5 Å². The molecule has 0 atom stereocenters. The molecule has 32 heavy (non-hydrogen) atoms. The Labute approximate surface area is 189 Å². The first-order valence-corrected chi connectivity index (χ1v) is 10.9. The number of carbonyl (C=O) groups is 2. The van der Waals surface area contributed by atoms with Gasteiger partial charge in [0, 0.05) is 12.6 Å². The molecule has 0 aliphatic rings. The molecule has 0 spiro atoms. The number of hydrogen-bond acceptors (Lipinski definition) is 5. The summed E-state index contributed by atoms with van der Waals surface area (Å²) >= 11 is 1.42. The number of amides is 1. The zero-order valence-corrected chi connectivity index (χ0v) is 18.8. The molecule has 0 saturated carbocycles. The van der Waals surface area contributed by atoms with E-state index in [9.17, 15) is 14.4 Å². The summed E-state index contributed by atoms with van der Waals surface area (Å²) in [5.74, 6) is -0.246. The zero-order valence-electron chi connectivity index (χ0n) is 18.0. The molecule has 1 amide bonds. The first-order chi connectivity index (χ1) is 15.4. The van der Waals surface area contributed by atoms with Crippen molar-refractivity contribution >= 4 is 38.9 Å². The van der Waals surface area contributed by atoms with Crippen molar-refractivity contribution in [1.82, 2.24) is 4.57 Å². The van der Waals surface area contributed by atoms with Crippen molar-refractivity contribution in [1.29, 1.82) is 0 Å². The maximum absolute atomic E-state index is 13.2. The van der Waals surface area contributed by atoms with Gasteiger partial charge in [-0.2, -0.15) is 0 Å². The van der Waals surface area contributed by atoms with Crippen LogP contribution in [0.25, 0.3) is 21.3 Å². The third-order valence-electron chi connectivity index (χ3n) is 5.17. The molecule has 4 rings (SSSR count). The summed E-state index contributed by atoms with van der Waals surface area (Å²) in [5.41, 5.74) is 4.29. The van der Waals surface area contributed by atoms with Gasteiger partial charge < -0.3 is 10.1 Å². The summed E-state index contributed by atoms with van der Waals surface area (Å²) < 4.78 is 7.74. The number of benzene rings is 2. The van der Waals surface area contributed by atoms with Crippen LogP contribution >= 0.6 is 11.3 Å². The predicted octanol–water partition coefficient (Wildman–Crippen LogP) is 4.95. The molecule has 6 nitrogen and oxygen atoms in total. The Bertz CT molecular complexity index is 1400. The number of anilines is 1. The maximum atomic E-state index is 13.2. The number of Topliss-reactive ketones (excluding diaryl/α,β-unsaturated/α-hetero) is 1. The van der Waals surface area contributed by atoms with Gasteiger partial charge in [0.05, 0.1) is 29.4 Å². The first kappa shape index (κ1) is 21.5. The van der Waals surface area contributed by atoms with Crippen molar-refractivity contribution in [2.75, 3.05) is 12.4 Å². The van der Waals surface area contributed by atoms with E-state index in [0.29, 0.717) is 17.6 Å². The van der Waals surface area contributed by atoms with Crippen LogP contribution in [0, 0.1) is 0 Å². The van der Waals surface area contributed by atoms with E-state index in [1.807, 2.05) is 60.0 Å². The van der Waals surface area contributed by atoms with Crippen molar-refractivity contribution in [3.8, 4) is 16.9 Å². The zero-order chi connectivity index (χ0) is 22.8. The fraction of sp³-hybridized carbons (Fsp3) is 0.160. The average molecular weight is 447 g/mol. The Balaban J connectivity index is 1.77. The van der Waals surface area contributed by atoms with Crippen molar-refractivity contribution < 1.29 is 14.3 Å². The summed E-state index contributed by atoms with van der Waals surface area (Å²) in [6, 6.07) is 17.4. The van der Waals surface area contributed by atoms with Gasteiger partial charge >= 0.3 is 0 Å². The number of pyridine rings is 1. The summed E-state index contributed by atoms with van der Waals surface area (Å²) in [7, 11) is 1.41. The van der Waals surface area contributed by atoms with Crippen molar-refractivity contribution in [2.45, 2.75) is 20.4 Å². The Morgan fingerprint density at radius 2 is 1.75 bits per heavy atom. The number of rotatable bonds is 6. The van der Waals surface area contributed by atoms with Gasteiger partial charge in [0.2, 0.25) is 5.91 Å². The van der Waals surface area contributed by atoms with E-state index >= 15 is 0 Å². The normalized spacial score (nSPS) is 10.8. The van der Waals surface area contributed by atoms with E-state index < -0.39 is 0 Å². The molecular formula is C25H22N2O4S. The predicted molar refractivity (Wildman–Crippen MR) is 128 cm³/mol. The Morgan fingerprint density at radius 3 is 2.44 bits per heavy atom. The van der Waals surface area contributed by atoms with Crippen LogP contribution in [-0.2, 0) is 11.3 Å². The maximum Gasteiger partial charge on any atom is 0.294 e. The quantitative estimate of drug-likeness (QED) is 0.425. The van der Waals surface area contributed by atoms with Gasteiger partial charge in [0.25, 0.3) is 5.56 Å². The highest BCUT2D eigenvalue weighted by Gasteiger charge is 2.21. The molecule has 0 aliphatic carbocycles. The summed E-state index contributed by atoms with van der Waals surface area (Å²) in [6.07, 6.45) is 0. The fourth-order valence-corrected chi connectivity index (χ4v) is 4.81. The van der Waals surface area contributed by atoms with Crippen molar-refractivity contribution in [2.24, 2.45) is 0 Å². The first-order valence-electron chi connectivity index (χ1n) is 10.0. The molecule has 2 aromatic heterocycles. The smallest absolute Gasteiger partial charge is 0.294 e. The highest BCUT2D eigenvalue weighted by Crippen LogP contribution is 2.30. The minimum Gasteiger partial charge on any atom is -0.491 e. The van der Waals surface area contributed by atoms with Gasteiger partial charge in [-0.3, -0.25) is 19.0 Å². The molecule has 2 aromatic carbocycles. The van der Waals surface area contributed by atoms with Crippen LogP contribution in [0.4, 0.5) is 5.69 Å². The summed E-state index contributed by atoms with van der Waals surface area (Å²) in [6.45, 7) is 3.25. The standard InChI is InChI=1S/C25H22N2O4S/c1-15(28)22-23(31-3)25(30)27(21-10-11-32-24(21)22)14-17-6-4-7-18(12-17)19-8-5-9-20(13-19)26-16(2)29/h4-13H,14H2,1-3H3,(H,26,29). The van der Waals surface area contributed by atoms with E-state index in [2.05, 4.69) is 5.32 Å². The summed E-state index contributed by atoms with van der Waals surface area (Å²) in [4.78, 5) is 36.8. The van der Waals surface area contributed by atoms with Gasteiger partial charge in [-0.15, -0.1) is 11.3 Å². The third-order valence-corrected chi connectivity index (χ3v) is 6.09. The second-order valence-corrected chi connectivity index (χ2v) is 8.37. The number of aromatic nitrogens is 1. The molecule has 1 N–H and O–H groups in total. The number of thiophene rings is 1. The highest BCUT2D eigenvalue weighted by atomic mass is 32.1. The second kappa shape index (κ2) is 8.80. The molecule has 0 aliphatic heterocycles. The van der Waals surface area contributed by atoms with E-state index in [4.69, 9.17) is 4.74 Å².